The lowest BCUT2D eigenvalue weighted by atomic mass is 10.0. The minimum Gasteiger partial charge on any atom is -0.311 e. The highest BCUT2D eigenvalue weighted by Crippen LogP contribution is 2.33. The number of nitrogens with zero attached hydrogens (tertiary/aromatic N) is 1. The molecule has 0 saturated heterocycles. The number of rotatable bonds is 4. The molecule has 1 aliphatic rings. The fraction of sp³-hybridized carbons (Fsp3) is 0.727. The standard InChI is InChI=1S/C11H17FN2/c1-2-6-14-8-11(12)10-5-3-4-9(10)7-13/h9,14H,2-6,8H2,1H3/b11-10-. The second kappa shape index (κ2) is 5.77. The molecule has 14 heavy (non-hydrogen) atoms. The van der Waals surface area contributed by atoms with Gasteiger partial charge in [-0.05, 0) is 37.8 Å². The Bertz CT molecular complexity index is 253. The maximum atomic E-state index is 13.5. The van der Waals surface area contributed by atoms with E-state index < -0.39 is 0 Å². The zero-order chi connectivity index (χ0) is 10.4. The number of hydrogen-bond donors (Lipinski definition) is 1. The lowest BCUT2D eigenvalue weighted by molar-refractivity contribution is 0.547. The van der Waals surface area contributed by atoms with Crippen molar-refractivity contribution in [2.24, 2.45) is 5.92 Å². The quantitative estimate of drug-likeness (QED) is 0.701. The van der Waals surface area contributed by atoms with Crippen LogP contribution >= 0.6 is 0 Å². The SMILES string of the molecule is CCCNC/C(F)=C1\CCCC1C#N. The molecule has 0 aliphatic heterocycles. The number of nitrogens with one attached hydrogen (secondary N) is 1. The summed E-state index contributed by atoms with van der Waals surface area (Å²) >= 11 is 0. The topological polar surface area (TPSA) is 35.8 Å². The van der Waals surface area contributed by atoms with Gasteiger partial charge in [0.25, 0.3) is 0 Å². The van der Waals surface area contributed by atoms with Crippen molar-refractivity contribution in [2.75, 3.05) is 13.1 Å². The molecule has 0 bridgehead atoms. The second-order valence-corrected chi connectivity index (χ2v) is 3.68. The van der Waals surface area contributed by atoms with Crippen molar-refractivity contribution in [3.8, 4) is 6.07 Å². The van der Waals surface area contributed by atoms with E-state index in [9.17, 15) is 4.39 Å². The van der Waals surface area contributed by atoms with Gasteiger partial charge in [-0.2, -0.15) is 5.26 Å². The first-order valence-electron chi connectivity index (χ1n) is 5.27. The van der Waals surface area contributed by atoms with Crippen LogP contribution in [-0.2, 0) is 0 Å². The van der Waals surface area contributed by atoms with Crippen molar-refractivity contribution >= 4 is 0 Å². The Kier molecular flexibility index (Phi) is 4.61. The van der Waals surface area contributed by atoms with Crippen LogP contribution in [0.4, 0.5) is 4.39 Å². The van der Waals surface area contributed by atoms with Gasteiger partial charge in [-0.1, -0.05) is 6.92 Å². The van der Waals surface area contributed by atoms with Gasteiger partial charge in [0.05, 0.1) is 12.0 Å². The Hall–Kier alpha value is -0.880. The van der Waals surface area contributed by atoms with Gasteiger partial charge in [0.2, 0.25) is 0 Å². The predicted octanol–water partition coefficient (Wildman–Crippen LogP) is 2.53. The van der Waals surface area contributed by atoms with E-state index in [1.165, 1.54) is 0 Å². The molecule has 1 N–H and O–H groups in total. The third kappa shape index (κ3) is 2.81. The molecule has 1 unspecified atom stereocenters. The molecule has 0 aromatic rings. The second-order valence-electron chi connectivity index (χ2n) is 3.68. The molecule has 0 radical (unpaired) electrons. The molecule has 0 aromatic heterocycles. The summed E-state index contributed by atoms with van der Waals surface area (Å²) in [7, 11) is 0. The number of hydrogen-bond acceptors (Lipinski definition) is 2. The maximum absolute atomic E-state index is 13.5. The molecule has 0 heterocycles. The van der Waals surface area contributed by atoms with Crippen molar-refractivity contribution in [3.63, 3.8) is 0 Å². The summed E-state index contributed by atoms with van der Waals surface area (Å²) in [6.45, 7) is 3.17. The van der Waals surface area contributed by atoms with Crippen LogP contribution in [0.2, 0.25) is 0 Å². The van der Waals surface area contributed by atoms with Crippen LogP contribution in [0.1, 0.15) is 32.6 Å². The lowest BCUT2D eigenvalue weighted by Crippen LogP contribution is -2.17. The summed E-state index contributed by atoms with van der Waals surface area (Å²) < 4.78 is 13.5. The highest BCUT2D eigenvalue weighted by atomic mass is 19.1. The minimum absolute atomic E-state index is 0.109. The van der Waals surface area contributed by atoms with E-state index in [1.54, 1.807) is 0 Å². The van der Waals surface area contributed by atoms with Crippen LogP contribution in [0.15, 0.2) is 11.4 Å². The normalized spacial score (nSPS) is 24.8. The van der Waals surface area contributed by atoms with E-state index >= 15 is 0 Å². The van der Waals surface area contributed by atoms with E-state index in [0.29, 0.717) is 6.54 Å². The number of allylic oxidation sites excluding steroid dienone is 1. The fourth-order valence-corrected chi connectivity index (χ4v) is 1.80. The Morgan fingerprint density at radius 1 is 1.71 bits per heavy atom. The first-order valence-corrected chi connectivity index (χ1v) is 5.27. The zero-order valence-corrected chi connectivity index (χ0v) is 8.65. The van der Waals surface area contributed by atoms with E-state index in [0.717, 1.165) is 37.8 Å². The molecule has 1 saturated carbocycles. The third-order valence-corrected chi connectivity index (χ3v) is 2.57. The molecule has 2 nitrogen and oxygen atoms in total. The predicted molar refractivity (Wildman–Crippen MR) is 54.2 cm³/mol. The van der Waals surface area contributed by atoms with E-state index in [1.807, 2.05) is 6.92 Å². The van der Waals surface area contributed by atoms with Crippen molar-refractivity contribution < 1.29 is 4.39 Å². The van der Waals surface area contributed by atoms with E-state index in [4.69, 9.17) is 5.26 Å². The summed E-state index contributed by atoms with van der Waals surface area (Å²) in [4.78, 5) is 0. The fourth-order valence-electron chi connectivity index (χ4n) is 1.80. The van der Waals surface area contributed by atoms with Gasteiger partial charge < -0.3 is 5.32 Å². The van der Waals surface area contributed by atoms with Crippen LogP contribution in [0.25, 0.3) is 0 Å². The molecule has 0 aromatic carbocycles. The largest absolute Gasteiger partial charge is 0.311 e. The van der Waals surface area contributed by atoms with Crippen LogP contribution in [0.3, 0.4) is 0 Å². The van der Waals surface area contributed by atoms with Crippen molar-refractivity contribution in [2.45, 2.75) is 32.6 Å². The van der Waals surface area contributed by atoms with Gasteiger partial charge in [0, 0.05) is 6.54 Å². The number of halogens is 1. The summed E-state index contributed by atoms with van der Waals surface area (Å²) in [5.74, 6) is -0.277. The highest BCUT2D eigenvalue weighted by Gasteiger charge is 2.23. The van der Waals surface area contributed by atoms with Crippen LogP contribution in [-0.4, -0.2) is 13.1 Å². The smallest absolute Gasteiger partial charge is 0.114 e. The minimum atomic E-state index is -0.168. The number of nitriles is 1. The zero-order valence-electron chi connectivity index (χ0n) is 8.65. The molecular formula is C11H17FN2. The molecule has 0 spiro atoms. The maximum Gasteiger partial charge on any atom is 0.114 e. The van der Waals surface area contributed by atoms with E-state index in [2.05, 4.69) is 11.4 Å². The highest BCUT2D eigenvalue weighted by molar-refractivity contribution is 5.22. The summed E-state index contributed by atoms with van der Waals surface area (Å²) in [5.41, 5.74) is 0.733. The van der Waals surface area contributed by atoms with Crippen LogP contribution < -0.4 is 5.32 Å². The van der Waals surface area contributed by atoms with Crippen LogP contribution in [0, 0.1) is 17.2 Å². The molecule has 1 fully saturated rings. The molecule has 1 aliphatic carbocycles. The average molecular weight is 196 g/mol. The van der Waals surface area contributed by atoms with Gasteiger partial charge >= 0.3 is 0 Å². The van der Waals surface area contributed by atoms with Crippen molar-refractivity contribution in [1.82, 2.24) is 5.32 Å². The Labute approximate surface area is 84.8 Å². The molecule has 0 amide bonds. The molecule has 78 valence electrons. The van der Waals surface area contributed by atoms with Gasteiger partial charge in [-0.3, -0.25) is 0 Å². The molecule has 1 atom stereocenters. The average Bonchev–Trinajstić information content (AvgIpc) is 2.65. The molecule has 1 rings (SSSR count). The first-order chi connectivity index (χ1) is 6.79. The van der Waals surface area contributed by atoms with Gasteiger partial charge in [-0.15, -0.1) is 0 Å². The summed E-state index contributed by atoms with van der Waals surface area (Å²) in [6.07, 6.45) is 3.55. The van der Waals surface area contributed by atoms with Crippen molar-refractivity contribution in [1.29, 1.82) is 5.26 Å². The Balaban J connectivity index is 2.50. The molecular weight excluding hydrogens is 179 g/mol. The van der Waals surface area contributed by atoms with Gasteiger partial charge in [0.15, 0.2) is 0 Å². The van der Waals surface area contributed by atoms with Gasteiger partial charge in [-0.25, -0.2) is 4.39 Å². The molecule has 3 heteroatoms. The third-order valence-electron chi connectivity index (χ3n) is 2.57. The van der Waals surface area contributed by atoms with Crippen molar-refractivity contribution in [3.05, 3.63) is 11.4 Å². The lowest BCUT2D eigenvalue weighted by Gasteiger charge is -2.06. The monoisotopic (exact) mass is 196 g/mol. The van der Waals surface area contributed by atoms with E-state index in [-0.39, 0.29) is 11.7 Å². The Morgan fingerprint density at radius 3 is 3.14 bits per heavy atom. The Morgan fingerprint density at radius 2 is 2.50 bits per heavy atom. The first kappa shape index (κ1) is 11.2. The summed E-state index contributed by atoms with van der Waals surface area (Å²) in [5, 5.41) is 11.8. The van der Waals surface area contributed by atoms with Crippen LogP contribution in [0.5, 0.6) is 0 Å². The van der Waals surface area contributed by atoms with Gasteiger partial charge in [0.1, 0.15) is 5.83 Å². The summed E-state index contributed by atoms with van der Waals surface area (Å²) in [6, 6.07) is 2.16.